The van der Waals surface area contributed by atoms with Gasteiger partial charge in [0.2, 0.25) is 0 Å². The highest BCUT2D eigenvalue weighted by molar-refractivity contribution is 7.22. The van der Waals surface area contributed by atoms with E-state index in [9.17, 15) is 4.79 Å². The number of amides is 1. The molecule has 1 heterocycles. The molecule has 0 spiro atoms. The number of carbonyl (C=O) groups is 1. The van der Waals surface area contributed by atoms with Crippen LogP contribution in [0.1, 0.15) is 11.1 Å². The predicted molar refractivity (Wildman–Crippen MR) is 105 cm³/mol. The van der Waals surface area contributed by atoms with Gasteiger partial charge in [-0.2, -0.15) is 0 Å². The first-order valence-electron chi connectivity index (χ1n) is 8.17. The molecule has 134 valence electrons. The summed E-state index contributed by atoms with van der Waals surface area (Å²) in [6.45, 7) is 5.60. The summed E-state index contributed by atoms with van der Waals surface area (Å²) in [7, 11) is 1.57. The van der Waals surface area contributed by atoms with Gasteiger partial charge in [0.25, 0.3) is 5.91 Å². The number of nitrogens with zero attached hydrogens (tertiary/aromatic N) is 1. The van der Waals surface area contributed by atoms with Gasteiger partial charge in [0, 0.05) is 0 Å². The number of para-hydroxylation sites is 1. The highest BCUT2D eigenvalue weighted by Crippen LogP contribution is 2.29. The lowest BCUT2D eigenvalue weighted by Gasteiger charge is -2.11. The normalized spacial score (nSPS) is 10.5. The molecule has 26 heavy (non-hydrogen) atoms. The van der Waals surface area contributed by atoms with Crippen molar-refractivity contribution in [1.82, 2.24) is 4.98 Å². The second kappa shape index (κ2) is 8.01. The number of thiazole rings is 1. The molecule has 0 unspecified atom stereocenters. The van der Waals surface area contributed by atoms with Crippen LogP contribution in [-0.4, -0.2) is 24.6 Å². The van der Waals surface area contributed by atoms with E-state index >= 15 is 0 Å². The summed E-state index contributed by atoms with van der Waals surface area (Å²) in [6, 6.07) is 11.6. The van der Waals surface area contributed by atoms with Crippen molar-refractivity contribution in [3.8, 4) is 11.5 Å². The molecule has 0 radical (unpaired) electrons. The fourth-order valence-electron chi connectivity index (χ4n) is 2.56. The van der Waals surface area contributed by atoms with E-state index in [0.29, 0.717) is 16.6 Å². The molecule has 0 saturated carbocycles. The molecule has 0 fully saturated rings. The molecule has 6 heteroatoms. The Hall–Kier alpha value is -2.86. The first-order chi connectivity index (χ1) is 12.6. The monoisotopic (exact) mass is 368 g/mol. The Morgan fingerprint density at radius 2 is 2.15 bits per heavy atom. The van der Waals surface area contributed by atoms with Crippen LogP contribution in [0.5, 0.6) is 11.5 Å². The first kappa shape index (κ1) is 17.9. The van der Waals surface area contributed by atoms with E-state index < -0.39 is 0 Å². The van der Waals surface area contributed by atoms with Gasteiger partial charge in [-0.05, 0) is 42.7 Å². The predicted octanol–water partition coefficient (Wildman–Crippen LogP) is 4.36. The van der Waals surface area contributed by atoms with Crippen LogP contribution in [-0.2, 0) is 11.2 Å². The zero-order chi connectivity index (χ0) is 18.5. The minimum atomic E-state index is -0.265. The SMILES string of the molecule is C=CCc1ccc(OCC(=O)Nc2nc3c(C)cccc3s2)c(OC)c1. The van der Waals surface area contributed by atoms with Gasteiger partial charge in [0.05, 0.1) is 17.3 Å². The van der Waals surface area contributed by atoms with Crippen molar-refractivity contribution in [2.24, 2.45) is 0 Å². The van der Waals surface area contributed by atoms with Gasteiger partial charge in [0.15, 0.2) is 23.2 Å². The van der Waals surface area contributed by atoms with E-state index in [0.717, 1.165) is 27.8 Å². The van der Waals surface area contributed by atoms with Gasteiger partial charge >= 0.3 is 0 Å². The number of allylic oxidation sites excluding steroid dienone is 1. The van der Waals surface area contributed by atoms with Crippen LogP contribution < -0.4 is 14.8 Å². The minimum absolute atomic E-state index is 0.119. The fraction of sp³-hybridized carbons (Fsp3) is 0.200. The summed E-state index contributed by atoms with van der Waals surface area (Å²) in [6.07, 6.45) is 2.57. The Bertz CT molecular complexity index is 949. The number of nitrogens with one attached hydrogen (secondary N) is 1. The summed E-state index contributed by atoms with van der Waals surface area (Å²) in [5, 5.41) is 3.35. The Labute approximate surface area is 156 Å². The van der Waals surface area contributed by atoms with Crippen LogP contribution in [0, 0.1) is 6.92 Å². The summed E-state index contributed by atoms with van der Waals surface area (Å²) < 4.78 is 12.0. The molecular weight excluding hydrogens is 348 g/mol. The number of rotatable bonds is 7. The largest absolute Gasteiger partial charge is 0.493 e. The molecule has 0 atom stereocenters. The van der Waals surface area contributed by atoms with Crippen molar-refractivity contribution >= 4 is 32.6 Å². The minimum Gasteiger partial charge on any atom is -0.493 e. The van der Waals surface area contributed by atoms with Crippen molar-refractivity contribution in [2.45, 2.75) is 13.3 Å². The smallest absolute Gasteiger partial charge is 0.264 e. The van der Waals surface area contributed by atoms with Crippen molar-refractivity contribution in [3.63, 3.8) is 0 Å². The zero-order valence-corrected chi connectivity index (χ0v) is 15.6. The second-order valence-corrected chi connectivity index (χ2v) is 6.79. The molecule has 3 aromatic rings. The summed E-state index contributed by atoms with van der Waals surface area (Å²) in [5.74, 6) is 0.849. The molecule has 0 saturated heterocycles. The van der Waals surface area contributed by atoms with Crippen LogP contribution in [0.15, 0.2) is 49.1 Å². The summed E-state index contributed by atoms with van der Waals surface area (Å²) in [4.78, 5) is 16.7. The van der Waals surface area contributed by atoms with E-state index in [1.54, 1.807) is 13.2 Å². The average molecular weight is 368 g/mol. The fourth-order valence-corrected chi connectivity index (χ4v) is 3.52. The second-order valence-electron chi connectivity index (χ2n) is 5.76. The van der Waals surface area contributed by atoms with Gasteiger partial charge in [0.1, 0.15) is 0 Å². The number of methoxy groups -OCH3 is 1. The molecular formula is C20H20N2O3S. The number of aryl methyl sites for hydroxylation is 1. The van der Waals surface area contributed by atoms with E-state index in [2.05, 4.69) is 16.9 Å². The van der Waals surface area contributed by atoms with Crippen LogP contribution in [0.4, 0.5) is 5.13 Å². The van der Waals surface area contributed by atoms with Crippen molar-refractivity contribution in [3.05, 3.63) is 60.2 Å². The summed E-state index contributed by atoms with van der Waals surface area (Å²) >= 11 is 1.44. The van der Waals surface area contributed by atoms with Crippen molar-refractivity contribution in [1.29, 1.82) is 0 Å². The molecule has 1 aromatic heterocycles. The number of aromatic nitrogens is 1. The van der Waals surface area contributed by atoms with E-state index in [1.165, 1.54) is 11.3 Å². The lowest BCUT2D eigenvalue weighted by molar-refractivity contribution is -0.118. The molecule has 2 aromatic carbocycles. The molecule has 1 amide bonds. The highest BCUT2D eigenvalue weighted by atomic mass is 32.1. The van der Waals surface area contributed by atoms with Gasteiger partial charge in [-0.1, -0.05) is 35.6 Å². The number of carbonyl (C=O) groups excluding carboxylic acids is 1. The number of ether oxygens (including phenoxy) is 2. The van der Waals surface area contributed by atoms with Gasteiger partial charge in [-0.3, -0.25) is 10.1 Å². The third-order valence-corrected chi connectivity index (χ3v) is 4.77. The number of fused-ring (bicyclic) bond motifs is 1. The molecule has 1 N–H and O–H groups in total. The maximum Gasteiger partial charge on any atom is 0.264 e. The number of hydrogen-bond acceptors (Lipinski definition) is 5. The van der Waals surface area contributed by atoms with E-state index in [1.807, 2.05) is 43.3 Å². The zero-order valence-electron chi connectivity index (χ0n) is 14.7. The van der Waals surface area contributed by atoms with Crippen LogP contribution in [0.25, 0.3) is 10.2 Å². The van der Waals surface area contributed by atoms with Crippen molar-refractivity contribution in [2.75, 3.05) is 19.0 Å². The molecule has 0 bridgehead atoms. The lowest BCUT2D eigenvalue weighted by atomic mass is 10.1. The topological polar surface area (TPSA) is 60.5 Å². The Morgan fingerprint density at radius 1 is 1.31 bits per heavy atom. The van der Waals surface area contributed by atoms with Gasteiger partial charge in [-0.25, -0.2) is 4.98 Å². The van der Waals surface area contributed by atoms with Gasteiger partial charge < -0.3 is 9.47 Å². The van der Waals surface area contributed by atoms with Gasteiger partial charge in [-0.15, -0.1) is 6.58 Å². The molecule has 5 nitrogen and oxygen atoms in total. The quantitative estimate of drug-likeness (QED) is 0.630. The Kier molecular flexibility index (Phi) is 5.53. The lowest BCUT2D eigenvalue weighted by Crippen LogP contribution is -2.20. The maximum absolute atomic E-state index is 12.2. The number of benzene rings is 2. The average Bonchev–Trinajstić information content (AvgIpc) is 3.04. The maximum atomic E-state index is 12.2. The van der Waals surface area contributed by atoms with E-state index in [-0.39, 0.29) is 12.5 Å². The third kappa shape index (κ3) is 4.03. The molecule has 0 aliphatic heterocycles. The van der Waals surface area contributed by atoms with Crippen molar-refractivity contribution < 1.29 is 14.3 Å². The highest BCUT2D eigenvalue weighted by Gasteiger charge is 2.11. The third-order valence-electron chi connectivity index (χ3n) is 3.83. The Morgan fingerprint density at radius 3 is 2.88 bits per heavy atom. The first-order valence-corrected chi connectivity index (χ1v) is 8.99. The van der Waals surface area contributed by atoms with E-state index in [4.69, 9.17) is 9.47 Å². The van der Waals surface area contributed by atoms with Crippen LogP contribution in [0.3, 0.4) is 0 Å². The molecule has 0 aliphatic carbocycles. The molecule has 3 rings (SSSR count). The Balaban J connectivity index is 1.64. The summed E-state index contributed by atoms with van der Waals surface area (Å²) in [5.41, 5.74) is 3.06. The standard InChI is InChI=1S/C20H20N2O3S/c1-4-6-14-9-10-15(16(11-14)24-3)25-12-18(23)21-20-22-19-13(2)7-5-8-17(19)26-20/h4-5,7-11H,1,6,12H2,2-3H3,(H,21,22,23). The molecule has 0 aliphatic rings. The van der Waals surface area contributed by atoms with Crippen LogP contribution >= 0.6 is 11.3 Å². The number of hydrogen-bond donors (Lipinski definition) is 1. The number of anilines is 1. The van der Waals surface area contributed by atoms with Crippen LogP contribution in [0.2, 0.25) is 0 Å².